The van der Waals surface area contributed by atoms with E-state index in [1.807, 2.05) is 0 Å². The van der Waals surface area contributed by atoms with Gasteiger partial charge < -0.3 is 0 Å². The molecule has 34 heavy (non-hydrogen) atoms. The van der Waals surface area contributed by atoms with E-state index in [1.165, 1.54) is 38.5 Å². The molecule has 0 saturated heterocycles. The maximum Gasteiger partial charge on any atom is 0.0451 e. The molecule has 4 fully saturated rings. The lowest BCUT2D eigenvalue weighted by molar-refractivity contribution is 0.121. The van der Waals surface area contributed by atoms with Gasteiger partial charge in [-0.1, -0.05) is 109 Å². The van der Waals surface area contributed by atoms with Crippen LogP contribution in [0, 0.1) is 41.4 Å². The second-order valence-electron chi connectivity index (χ2n) is 15.0. The third-order valence-corrected chi connectivity index (χ3v) is 33.3. The maximum absolute atomic E-state index is 2.91. The monoisotopic (exact) mass is 494 g/mol. The van der Waals surface area contributed by atoms with Gasteiger partial charge in [-0.2, -0.15) is 0 Å². The minimum absolute atomic E-state index is 0.858. The summed E-state index contributed by atoms with van der Waals surface area (Å²) >= 11 is 0. The first-order valence-corrected chi connectivity index (χ1v) is 22.3. The summed E-state index contributed by atoms with van der Waals surface area (Å²) in [4.78, 5) is 0. The molecule has 9 unspecified atom stereocenters. The molecule has 0 heterocycles. The van der Waals surface area contributed by atoms with E-state index in [1.54, 1.807) is 24.8 Å². The molecule has 0 N–H and O–H groups in total. The van der Waals surface area contributed by atoms with Gasteiger partial charge in [-0.05, 0) is 89.7 Å². The molecular weight excluding hydrogens is 441 g/mol. The molecule has 1 aromatic carbocycles. The predicted octanol–water partition coefficient (Wildman–Crippen LogP) is 9.94. The fourth-order valence-corrected chi connectivity index (χ4v) is 25.4. The highest BCUT2D eigenvalue weighted by atomic mass is 29.3. The molecule has 0 aromatic heterocycles. The third-order valence-electron chi connectivity index (χ3n) is 12.5. The fourth-order valence-electron chi connectivity index (χ4n) is 10.7. The SMILES string of the molecule is CC(C)CC1CCC([Si](C)(C)[Si](C)(C)C2C(C)CC3C2CC2CCCC2C3c2ccccc2)C1. The highest BCUT2D eigenvalue weighted by Crippen LogP contribution is 2.66. The molecular formula is C32H54Si2. The molecule has 4 aliphatic rings. The highest BCUT2D eigenvalue weighted by molar-refractivity contribution is 7.41. The number of benzene rings is 1. The lowest BCUT2D eigenvalue weighted by atomic mass is 9.62. The van der Waals surface area contributed by atoms with Crippen LogP contribution < -0.4 is 0 Å². The van der Waals surface area contributed by atoms with Gasteiger partial charge in [0, 0.05) is 15.2 Å². The Labute approximate surface area is 213 Å². The van der Waals surface area contributed by atoms with Crippen molar-refractivity contribution < 1.29 is 0 Å². The normalized spacial score (nSPS) is 40.5. The topological polar surface area (TPSA) is 0 Å². The molecule has 0 aliphatic heterocycles. The summed E-state index contributed by atoms with van der Waals surface area (Å²) in [5.41, 5.74) is 3.89. The van der Waals surface area contributed by atoms with Crippen molar-refractivity contribution in [2.75, 3.05) is 0 Å². The number of hydrogen-bond acceptors (Lipinski definition) is 0. The van der Waals surface area contributed by atoms with Crippen LogP contribution >= 0.6 is 0 Å². The molecule has 190 valence electrons. The predicted molar refractivity (Wildman–Crippen MR) is 155 cm³/mol. The van der Waals surface area contributed by atoms with Gasteiger partial charge in [-0.3, -0.25) is 0 Å². The third kappa shape index (κ3) is 4.25. The summed E-state index contributed by atoms with van der Waals surface area (Å²) in [6, 6.07) is 11.9. The van der Waals surface area contributed by atoms with Gasteiger partial charge in [-0.25, -0.2) is 0 Å². The van der Waals surface area contributed by atoms with Gasteiger partial charge >= 0.3 is 0 Å². The quantitative estimate of drug-likeness (QED) is 0.345. The van der Waals surface area contributed by atoms with E-state index in [9.17, 15) is 0 Å². The average molecular weight is 495 g/mol. The molecule has 1 aromatic rings. The van der Waals surface area contributed by atoms with E-state index in [2.05, 4.69) is 77.3 Å². The van der Waals surface area contributed by atoms with Crippen LogP contribution in [-0.4, -0.2) is 15.2 Å². The minimum atomic E-state index is -1.34. The minimum Gasteiger partial charge on any atom is -0.0711 e. The Morgan fingerprint density at radius 3 is 2.24 bits per heavy atom. The number of rotatable bonds is 6. The van der Waals surface area contributed by atoms with Crippen LogP contribution in [0.15, 0.2) is 30.3 Å². The van der Waals surface area contributed by atoms with E-state index in [0.717, 1.165) is 58.4 Å². The Hall–Kier alpha value is -0.346. The molecule has 4 aliphatic carbocycles. The Morgan fingerprint density at radius 1 is 0.794 bits per heavy atom. The van der Waals surface area contributed by atoms with Crippen molar-refractivity contribution in [2.24, 2.45) is 41.4 Å². The standard InChI is InChI=1S/C32H54Si2/c1-22(2)18-24-16-17-27(20-24)33(4,5)34(6,7)32-23(3)19-29-30(32)21-26-14-11-15-28(26)31(29)25-12-9-8-10-13-25/h8-10,12-13,22-24,26-32H,11,14-21H2,1-7H3. The zero-order valence-corrected chi connectivity index (χ0v) is 25.5. The van der Waals surface area contributed by atoms with Crippen LogP contribution in [0.25, 0.3) is 0 Å². The van der Waals surface area contributed by atoms with E-state index in [-0.39, 0.29) is 0 Å². The van der Waals surface area contributed by atoms with Gasteiger partial charge in [0.2, 0.25) is 0 Å². The van der Waals surface area contributed by atoms with E-state index in [4.69, 9.17) is 0 Å². The van der Waals surface area contributed by atoms with Crippen LogP contribution in [0.4, 0.5) is 0 Å². The first-order valence-electron chi connectivity index (χ1n) is 15.2. The first kappa shape index (κ1) is 25.3. The maximum atomic E-state index is 2.91. The van der Waals surface area contributed by atoms with E-state index < -0.39 is 15.2 Å². The van der Waals surface area contributed by atoms with Crippen molar-refractivity contribution in [1.82, 2.24) is 0 Å². The Morgan fingerprint density at radius 2 is 1.53 bits per heavy atom. The van der Waals surface area contributed by atoms with Crippen molar-refractivity contribution in [3.8, 4) is 0 Å². The summed E-state index contributed by atoms with van der Waals surface area (Å²) in [5.74, 6) is 7.74. The zero-order chi connectivity index (χ0) is 24.3. The number of hydrogen-bond donors (Lipinski definition) is 0. The molecule has 4 saturated carbocycles. The zero-order valence-electron chi connectivity index (χ0n) is 23.5. The van der Waals surface area contributed by atoms with Crippen molar-refractivity contribution >= 4 is 15.2 Å². The lowest BCUT2D eigenvalue weighted by Crippen LogP contribution is -2.62. The van der Waals surface area contributed by atoms with Gasteiger partial charge in [0.1, 0.15) is 0 Å². The summed E-state index contributed by atoms with van der Waals surface area (Å²) in [5, 5.41) is 0. The Bertz CT molecular complexity index is 827. The van der Waals surface area contributed by atoms with Gasteiger partial charge in [0.25, 0.3) is 0 Å². The molecule has 2 heteroatoms. The van der Waals surface area contributed by atoms with Crippen molar-refractivity contribution in [2.45, 2.75) is 122 Å². The molecule has 5 rings (SSSR count). The van der Waals surface area contributed by atoms with Crippen LogP contribution in [0.3, 0.4) is 0 Å². The van der Waals surface area contributed by atoms with Crippen LogP contribution in [0.1, 0.15) is 90.0 Å². The van der Waals surface area contributed by atoms with Crippen LogP contribution in [-0.2, 0) is 0 Å². The molecule has 0 bridgehead atoms. The van der Waals surface area contributed by atoms with Gasteiger partial charge in [0.05, 0.1) is 0 Å². The van der Waals surface area contributed by atoms with Crippen molar-refractivity contribution in [1.29, 1.82) is 0 Å². The van der Waals surface area contributed by atoms with Crippen LogP contribution in [0.5, 0.6) is 0 Å². The molecule has 0 spiro atoms. The summed E-state index contributed by atoms with van der Waals surface area (Å²) in [7, 11) is -2.61. The molecule has 0 radical (unpaired) electrons. The summed E-state index contributed by atoms with van der Waals surface area (Å²) in [6.45, 7) is 19.2. The Balaban J connectivity index is 1.42. The fraction of sp³-hybridized carbons (Fsp3) is 0.812. The van der Waals surface area contributed by atoms with Crippen LogP contribution in [0.2, 0.25) is 37.3 Å². The molecule has 0 nitrogen and oxygen atoms in total. The summed E-state index contributed by atoms with van der Waals surface area (Å²) in [6.07, 6.45) is 13.8. The second-order valence-corrected chi connectivity index (χ2v) is 31.1. The van der Waals surface area contributed by atoms with E-state index in [0.29, 0.717) is 0 Å². The smallest absolute Gasteiger partial charge is 0.0451 e. The lowest BCUT2D eigenvalue weighted by Gasteiger charge is -2.52. The number of fused-ring (bicyclic) bond motifs is 2. The van der Waals surface area contributed by atoms with E-state index >= 15 is 0 Å². The summed E-state index contributed by atoms with van der Waals surface area (Å²) < 4.78 is 0. The van der Waals surface area contributed by atoms with Gasteiger partial charge in [0.15, 0.2) is 0 Å². The highest BCUT2D eigenvalue weighted by Gasteiger charge is 2.61. The molecule has 0 amide bonds. The Kier molecular flexibility index (Phi) is 7.08. The average Bonchev–Trinajstić information content (AvgIpc) is 3.50. The second kappa shape index (κ2) is 9.51. The van der Waals surface area contributed by atoms with Crippen molar-refractivity contribution in [3.63, 3.8) is 0 Å². The largest absolute Gasteiger partial charge is 0.0711 e. The van der Waals surface area contributed by atoms with Gasteiger partial charge in [-0.15, -0.1) is 0 Å². The first-order chi connectivity index (χ1) is 16.1. The molecule has 9 atom stereocenters. The van der Waals surface area contributed by atoms with Crippen molar-refractivity contribution in [3.05, 3.63) is 35.9 Å².